The van der Waals surface area contributed by atoms with Gasteiger partial charge >= 0.3 is 0 Å². The number of phenols is 2. The lowest BCUT2D eigenvalue weighted by molar-refractivity contribution is 0.169. The van der Waals surface area contributed by atoms with Crippen molar-refractivity contribution in [2.75, 3.05) is 26.0 Å². The smallest absolute Gasteiger partial charge is 0.179 e. The van der Waals surface area contributed by atoms with Crippen molar-refractivity contribution in [2.24, 2.45) is 5.92 Å². The Morgan fingerprint density at radius 2 is 1.82 bits per heavy atom. The van der Waals surface area contributed by atoms with Crippen molar-refractivity contribution in [3.8, 4) is 23.0 Å². The van der Waals surface area contributed by atoms with E-state index in [1.165, 1.54) is 18.6 Å². The lowest BCUT2D eigenvalue weighted by atomic mass is 9.86. The number of aromatic hydroxyl groups is 2. The minimum atomic E-state index is -3.66. The Kier molecular flexibility index (Phi) is 7.35. The Labute approximate surface area is 230 Å². The summed E-state index contributed by atoms with van der Waals surface area (Å²) < 4.78 is 37.3. The fourth-order valence-electron chi connectivity index (χ4n) is 5.45. The van der Waals surface area contributed by atoms with E-state index < -0.39 is 15.9 Å². The van der Waals surface area contributed by atoms with E-state index in [1.807, 2.05) is 31.2 Å². The van der Waals surface area contributed by atoms with Crippen LogP contribution in [0.4, 0.5) is 0 Å². The summed E-state index contributed by atoms with van der Waals surface area (Å²) in [5.41, 5.74) is 3.80. The van der Waals surface area contributed by atoms with Gasteiger partial charge in [0.15, 0.2) is 9.84 Å². The van der Waals surface area contributed by atoms with E-state index >= 15 is 0 Å². The molecule has 3 aromatic carbocycles. The highest BCUT2D eigenvalue weighted by Gasteiger charge is 2.31. The third-order valence-corrected chi connectivity index (χ3v) is 8.83. The Morgan fingerprint density at radius 1 is 1.08 bits per heavy atom. The average Bonchev–Trinajstić information content (AvgIpc) is 3.34. The summed E-state index contributed by atoms with van der Waals surface area (Å²) in [6.07, 6.45) is 1.75. The van der Waals surface area contributed by atoms with E-state index in [-0.39, 0.29) is 16.4 Å². The van der Waals surface area contributed by atoms with E-state index in [4.69, 9.17) is 9.47 Å². The van der Waals surface area contributed by atoms with Crippen molar-refractivity contribution in [3.05, 3.63) is 77.4 Å². The number of likely N-dealkylation sites (tertiary alicyclic amines) is 1. The van der Waals surface area contributed by atoms with Crippen LogP contribution in [-0.2, 0) is 9.84 Å². The number of phenolic OH excluding ortho intramolecular Hbond substituents is 2. The largest absolute Gasteiger partial charge is 0.508 e. The van der Waals surface area contributed by atoms with Gasteiger partial charge in [-0.05, 0) is 91.9 Å². The van der Waals surface area contributed by atoms with Gasteiger partial charge in [-0.3, -0.25) is 4.90 Å². The maximum absolute atomic E-state index is 12.4. The molecule has 2 heterocycles. The summed E-state index contributed by atoms with van der Waals surface area (Å²) in [6, 6.07) is 17.6. The van der Waals surface area contributed by atoms with Crippen LogP contribution in [-0.4, -0.2) is 55.5 Å². The van der Waals surface area contributed by atoms with Crippen molar-refractivity contribution < 1.29 is 28.1 Å². The molecule has 1 saturated heterocycles. The lowest BCUT2D eigenvalue weighted by Crippen LogP contribution is -2.35. The van der Waals surface area contributed by atoms with Gasteiger partial charge in [-0.2, -0.15) is 0 Å². The van der Waals surface area contributed by atoms with Gasteiger partial charge in [-0.25, -0.2) is 8.42 Å². The van der Waals surface area contributed by atoms with Crippen LogP contribution in [0.2, 0.25) is 0 Å². The minimum absolute atomic E-state index is 0.108. The van der Waals surface area contributed by atoms with E-state index in [0.29, 0.717) is 24.0 Å². The third-order valence-electron chi connectivity index (χ3n) is 7.70. The first-order valence-corrected chi connectivity index (χ1v) is 15.1. The van der Waals surface area contributed by atoms with Crippen molar-refractivity contribution >= 4 is 21.0 Å². The number of hydrogen-bond acceptors (Lipinski definition) is 7. The Morgan fingerprint density at radius 3 is 2.49 bits per heavy atom. The van der Waals surface area contributed by atoms with E-state index in [0.717, 1.165) is 53.3 Å². The molecule has 39 heavy (non-hydrogen) atoms. The second-order valence-electron chi connectivity index (χ2n) is 10.8. The van der Waals surface area contributed by atoms with Crippen LogP contribution in [0.5, 0.6) is 23.0 Å². The van der Waals surface area contributed by atoms with Gasteiger partial charge in [-0.1, -0.05) is 25.1 Å². The second kappa shape index (κ2) is 10.6. The first-order chi connectivity index (χ1) is 18.5. The second-order valence-corrected chi connectivity index (χ2v) is 12.8. The van der Waals surface area contributed by atoms with Crippen molar-refractivity contribution in [1.82, 2.24) is 4.90 Å². The maximum Gasteiger partial charge on any atom is 0.179 e. The first kappa shape index (κ1) is 27.1. The number of sulfone groups is 1. The van der Waals surface area contributed by atoms with Crippen LogP contribution < -0.4 is 9.47 Å². The number of nitrogens with zero attached hydrogens (tertiary/aromatic N) is 1. The number of benzene rings is 3. The highest BCUT2D eigenvalue weighted by molar-refractivity contribution is 7.90. The van der Waals surface area contributed by atoms with Crippen LogP contribution >= 0.6 is 0 Å². The van der Waals surface area contributed by atoms with Gasteiger partial charge in [0.05, 0.1) is 0 Å². The van der Waals surface area contributed by atoms with Gasteiger partial charge in [0, 0.05) is 30.0 Å². The molecule has 2 aliphatic rings. The lowest BCUT2D eigenvalue weighted by Gasteiger charge is -2.31. The summed E-state index contributed by atoms with van der Waals surface area (Å²) in [5.74, 6) is 1.92. The Balaban J connectivity index is 1.47. The van der Waals surface area contributed by atoms with Gasteiger partial charge in [0.25, 0.3) is 0 Å². The highest BCUT2D eigenvalue weighted by Crippen LogP contribution is 2.48. The molecule has 0 amide bonds. The first-order valence-electron chi connectivity index (χ1n) is 13.2. The zero-order chi connectivity index (χ0) is 27.9. The van der Waals surface area contributed by atoms with E-state index in [9.17, 15) is 18.6 Å². The molecule has 3 atom stereocenters. The molecule has 1 fully saturated rings. The molecule has 7 nitrogen and oxygen atoms in total. The van der Waals surface area contributed by atoms with E-state index in [1.54, 1.807) is 24.3 Å². The number of fused-ring (bicyclic) bond motifs is 1. The van der Waals surface area contributed by atoms with Crippen molar-refractivity contribution in [1.29, 1.82) is 0 Å². The topological polar surface area (TPSA) is 96.3 Å². The summed E-state index contributed by atoms with van der Waals surface area (Å²) in [6.45, 7) is 9.22. The van der Waals surface area contributed by atoms with Crippen LogP contribution in [0.3, 0.4) is 0 Å². The normalized spacial score (nSPS) is 20.4. The molecule has 0 spiro atoms. The zero-order valence-electron chi connectivity index (χ0n) is 22.7. The predicted molar refractivity (Wildman–Crippen MR) is 152 cm³/mol. The number of hydrogen-bond donors (Lipinski definition) is 2. The van der Waals surface area contributed by atoms with Gasteiger partial charge in [0.2, 0.25) is 0 Å². The molecule has 3 aromatic rings. The summed E-state index contributed by atoms with van der Waals surface area (Å²) in [7, 11) is -3.66. The molecule has 2 N–H and O–H groups in total. The summed E-state index contributed by atoms with van der Waals surface area (Å²) in [4.78, 5) is 2.32. The molecular formula is C31H35NO6S. The van der Waals surface area contributed by atoms with E-state index in [2.05, 4.69) is 18.7 Å². The molecule has 5 rings (SSSR count). The predicted octanol–water partition coefficient (Wildman–Crippen LogP) is 5.67. The number of rotatable bonds is 7. The number of allylic oxidation sites excluding steroid dienone is 1. The maximum atomic E-state index is 12.4. The monoisotopic (exact) mass is 549 g/mol. The van der Waals surface area contributed by atoms with Gasteiger partial charge < -0.3 is 19.7 Å². The van der Waals surface area contributed by atoms with Crippen LogP contribution in [0.1, 0.15) is 50.0 Å². The molecule has 0 bridgehead atoms. The molecule has 0 aromatic heterocycles. The fourth-order valence-corrected chi connectivity index (χ4v) is 6.24. The zero-order valence-corrected chi connectivity index (χ0v) is 23.5. The van der Waals surface area contributed by atoms with Gasteiger partial charge in [-0.15, -0.1) is 0 Å². The van der Waals surface area contributed by atoms with Crippen LogP contribution in [0.15, 0.2) is 65.6 Å². The fraction of sp³-hybridized carbons (Fsp3) is 0.355. The quantitative estimate of drug-likeness (QED) is 0.392. The summed E-state index contributed by atoms with van der Waals surface area (Å²) in [5, 5.41) is 20.4. The molecule has 2 aliphatic heterocycles. The summed E-state index contributed by atoms with van der Waals surface area (Å²) >= 11 is 0. The Bertz CT molecular complexity index is 1510. The van der Waals surface area contributed by atoms with Gasteiger partial charge in [0.1, 0.15) is 40.6 Å². The highest BCUT2D eigenvalue weighted by atomic mass is 32.2. The average molecular weight is 550 g/mol. The number of ether oxygens (including phenoxy) is 2. The standard InChI is InChI=1S/C31H35NO6S/c1-19-13-14-32(17-19)20(2)18-37-25-9-5-22(6-10-25)31-30(21(3)26-16-24(33)8-12-28(26)38-31)23-7-11-27(34)29(15-23)39(4,35)36/h5-12,15-16,19-20,31,33-34H,13-14,17-18H2,1-4H3/t19-,20?,31?/m1/s1. The Hall–Kier alpha value is -3.49. The molecule has 0 saturated carbocycles. The van der Waals surface area contributed by atoms with Crippen molar-refractivity contribution in [3.63, 3.8) is 0 Å². The van der Waals surface area contributed by atoms with Crippen molar-refractivity contribution in [2.45, 2.75) is 44.2 Å². The molecule has 206 valence electrons. The molecule has 0 radical (unpaired) electrons. The molecule has 0 aliphatic carbocycles. The molecular weight excluding hydrogens is 514 g/mol. The third kappa shape index (κ3) is 5.63. The minimum Gasteiger partial charge on any atom is -0.508 e. The van der Waals surface area contributed by atoms with Crippen LogP contribution in [0, 0.1) is 5.92 Å². The molecule has 2 unspecified atom stereocenters. The SMILES string of the molecule is CC1=C(c2ccc(O)c(S(C)(=O)=O)c2)C(c2ccc(OCC(C)N3CC[C@@H](C)C3)cc2)Oc2ccc(O)cc21. The van der Waals surface area contributed by atoms with Crippen LogP contribution in [0.25, 0.3) is 11.1 Å². The molecule has 8 heteroatoms.